The third-order valence-corrected chi connectivity index (χ3v) is 2.82. The summed E-state index contributed by atoms with van der Waals surface area (Å²) >= 11 is 11.8. The largest absolute Gasteiger partial charge is 0.456 e. The van der Waals surface area contributed by atoms with Crippen LogP contribution in [0.1, 0.15) is 5.56 Å². The molecule has 2 rings (SSSR count). The topological polar surface area (TPSA) is 59.1 Å². The maximum Gasteiger partial charge on any atom is 0.146 e. The third kappa shape index (κ3) is 4.03. The van der Waals surface area contributed by atoms with Crippen molar-refractivity contribution >= 4 is 41.4 Å². The minimum absolute atomic E-state index is 0. The number of nitrogens with one attached hydrogen (secondary N) is 1. The van der Waals surface area contributed by atoms with E-state index in [4.69, 9.17) is 39.1 Å². The number of rotatable bonds is 3. The van der Waals surface area contributed by atoms with Crippen molar-refractivity contribution in [3.8, 4) is 11.5 Å². The van der Waals surface area contributed by atoms with E-state index in [2.05, 4.69) is 0 Å². The Kier molecular flexibility index (Phi) is 5.48. The van der Waals surface area contributed by atoms with Gasteiger partial charge in [-0.1, -0.05) is 23.2 Å². The average molecular weight is 318 g/mol. The van der Waals surface area contributed by atoms with E-state index in [9.17, 15) is 0 Å². The minimum Gasteiger partial charge on any atom is -0.456 e. The van der Waals surface area contributed by atoms with E-state index in [1.165, 1.54) is 0 Å². The molecule has 0 aliphatic carbocycles. The fourth-order valence-electron chi connectivity index (χ4n) is 1.39. The number of hydrogen-bond acceptors (Lipinski definition) is 2. The Morgan fingerprint density at radius 1 is 1.05 bits per heavy atom. The lowest BCUT2D eigenvalue weighted by Gasteiger charge is -2.08. The van der Waals surface area contributed by atoms with Gasteiger partial charge in [-0.15, -0.1) is 12.4 Å². The second-order valence-corrected chi connectivity index (χ2v) is 4.46. The van der Waals surface area contributed by atoms with Crippen molar-refractivity contribution in [2.45, 2.75) is 0 Å². The van der Waals surface area contributed by atoms with Crippen molar-refractivity contribution < 1.29 is 4.74 Å². The number of nitrogens with two attached hydrogens (primary N) is 1. The molecule has 0 aromatic heterocycles. The Morgan fingerprint density at radius 2 is 1.68 bits per heavy atom. The summed E-state index contributed by atoms with van der Waals surface area (Å²) in [5.74, 6) is 1.16. The molecule has 100 valence electrons. The molecule has 0 saturated carbocycles. The molecule has 19 heavy (non-hydrogen) atoms. The van der Waals surface area contributed by atoms with Gasteiger partial charge in [0.05, 0.1) is 5.02 Å². The fourth-order valence-corrected chi connectivity index (χ4v) is 1.83. The van der Waals surface area contributed by atoms with Gasteiger partial charge in [-0.2, -0.15) is 0 Å². The zero-order valence-electron chi connectivity index (χ0n) is 9.69. The van der Waals surface area contributed by atoms with Crippen LogP contribution in [0, 0.1) is 5.41 Å². The smallest absolute Gasteiger partial charge is 0.146 e. The highest BCUT2D eigenvalue weighted by atomic mass is 35.5. The summed E-state index contributed by atoms with van der Waals surface area (Å²) in [5.41, 5.74) is 6.01. The second kappa shape index (κ2) is 6.66. The quantitative estimate of drug-likeness (QED) is 0.647. The highest BCUT2D eigenvalue weighted by Gasteiger charge is 2.04. The Balaban J connectivity index is 0.00000180. The summed E-state index contributed by atoms with van der Waals surface area (Å²) in [5, 5.41) is 8.28. The molecule has 0 radical (unpaired) electrons. The molecule has 0 spiro atoms. The van der Waals surface area contributed by atoms with E-state index in [-0.39, 0.29) is 18.2 Å². The van der Waals surface area contributed by atoms with Crippen molar-refractivity contribution in [2.24, 2.45) is 5.73 Å². The molecule has 0 saturated heterocycles. The van der Waals surface area contributed by atoms with Gasteiger partial charge in [-0.25, -0.2) is 0 Å². The first-order valence-electron chi connectivity index (χ1n) is 5.13. The average Bonchev–Trinajstić information content (AvgIpc) is 2.33. The molecule has 3 N–H and O–H groups in total. The zero-order valence-corrected chi connectivity index (χ0v) is 12.0. The highest BCUT2D eigenvalue weighted by Crippen LogP contribution is 2.31. The number of amidine groups is 1. The van der Waals surface area contributed by atoms with Crippen LogP contribution in [0.4, 0.5) is 0 Å². The summed E-state index contributed by atoms with van der Waals surface area (Å²) < 4.78 is 5.60. The second-order valence-electron chi connectivity index (χ2n) is 3.61. The SMILES string of the molecule is Cl.N=C(N)c1ccc(Oc2ccc(Cl)cc2Cl)cc1. The first-order valence-corrected chi connectivity index (χ1v) is 5.89. The van der Waals surface area contributed by atoms with Gasteiger partial charge in [0.15, 0.2) is 0 Å². The van der Waals surface area contributed by atoms with Crippen molar-refractivity contribution in [3.63, 3.8) is 0 Å². The van der Waals surface area contributed by atoms with E-state index >= 15 is 0 Å². The molecule has 0 amide bonds. The van der Waals surface area contributed by atoms with Gasteiger partial charge in [-0.3, -0.25) is 5.41 Å². The van der Waals surface area contributed by atoms with E-state index in [1.54, 1.807) is 42.5 Å². The van der Waals surface area contributed by atoms with Crippen molar-refractivity contribution in [1.82, 2.24) is 0 Å². The van der Waals surface area contributed by atoms with E-state index in [0.29, 0.717) is 27.1 Å². The molecule has 2 aromatic rings. The minimum atomic E-state index is 0. The summed E-state index contributed by atoms with van der Waals surface area (Å²) in [6, 6.07) is 11.9. The Labute approximate surface area is 127 Å². The lowest BCUT2D eigenvalue weighted by atomic mass is 10.2. The lowest BCUT2D eigenvalue weighted by Crippen LogP contribution is -2.10. The van der Waals surface area contributed by atoms with Gasteiger partial charge in [0, 0.05) is 10.6 Å². The first kappa shape index (κ1) is 15.6. The molecule has 2 aromatic carbocycles. The maximum atomic E-state index is 7.29. The summed E-state index contributed by atoms with van der Waals surface area (Å²) in [6.45, 7) is 0. The lowest BCUT2D eigenvalue weighted by molar-refractivity contribution is 0.483. The van der Waals surface area contributed by atoms with E-state index < -0.39 is 0 Å². The number of nitrogen functional groups attached to an aromatic ring is 1. The number of hydrogen-bond donors (Lipinski definition) is 2. The molecule has 0 unspecified atom stereocenters. The van der Waals surface area contributed by atoms with Gasteiger partial charge in [-0.05, 0) is 42.5 Å². The molecule has 0 atom stereocenters. The van der Waals surface area contributed by atoms with Gasteiger partial charge in [0.2, 0.25) is 0 Å². The third-order valence-electron chi connectivity index (χ3n) is 2.29. The van der Waals surface area contributed by atoms with Crippen LogP contribution in [0.15, 0.2) is 42.5 Å². The van der Waals surface area contributed by atoms with Crippen LogP contribution in [0.3, 0.4) is 0 Å². The van der Waals surface area contributed by atoms with Crippen LogP contribution in [0.2, 0.25) is 10.0 Å². The molecular formula is C13H11Cl3N2O. The van der Waals surface area contributed by atoms with Crippen molar-refractivity contribution in [2.75, 3.05) is 0 Å². The van der Waals surface area contributed by atoms with Crippen LogP contribution in [-0.2, 0) is 0 Å². The predicted octanol–water partition coefficient (Wildman–Crippen LogP) is 4.49. The van der Waals surface area contributed by atoms with Crippen LogP contribution < -0.4 is 10.5 Å². The predicted molar refractivity (Wildman–Crippen MR) is 81.2 cm³/mol. The first-order chi connectivity index (χ1) is 8.56. The summed E-state index contributed by atoms with van der Waals surface area (Å²) in [6.07, 6.45) is 0. The Morgan fingerprint density at radius 3 is 2.21 bits per heavy atom. The van der Waals surface area contributed by atoms with Gasteiger partial charge >= 0.3 is 0 Å². The van der Waals surface area contributed by atoms with Gasteiger partial charge in [0.1, 0.15) is 17.3 Å². The normalized spacial score (nSPS) is 9.58. The maximum absolute atomic E-state index is 7.29. The summed E-state index contributed by atoms with van der Waals surface area (Å²) in [4.78, 5) is 0. The highest BCUT2D eigenvalue weighted by molar-refractivity contribution is 6.35. The molecule has 0 aliphatic rings. The van der Waals surface area contributed by atoms with E-state index in [1.807, 2.05) is 0 Å². The molecule has 6 heteroatoms. The van der Waals surface area contributed by atoms with Gasteiger partial charge in [0.25, 0.3) is 0 Å². The van der Waals surface area contributed by atoms with Crippen molar-refractivity contribution in [1.29, 1.82) is 5.41 Å². The fraction of sp³-hybridized carbons (Fsp3) is 0. The van der Waals surface area contributed by atoms with E-state index in [0.717, 1.165) is 0 Å². The molecule has 0 heterocycles. The van der Waals surface area contributed by atoms with Crippen LogP contribution in [-0.4, -0.2) is 5.84 Å². The van der Waals surface area contributed by atoms with Crippen LogP contribution >= 0.6 is 35.6 Å². The molecule has 0 aliphatic heterocycles. The van der Waals surface area contributed by atoms with Crippen LogP contribution in [0.5, 0.6) is 11.5 Å². The Bertz CT molecular complexity index is 585. The number of ether oxygens (including phenoxy) is 1. The monoisotopic (exact) mass is 316 g/mol. The van der Waals surface area contributed by atoms with Crippen molar-refractivity contribution in [3.05, 3.63) is 58.1 Å². The van der Waals surface area contributed by atoms with Crippen LogP contribution in [0.25, 0.3) is 0 Å². The zero-order chi connectivity index (χ0) is 13.1. The molecule has 0 bridgehead atoms. The number of benzene rings is 2. The molecule has 0 fully saturated rings. The molecular weight excluding hydrogens is 307 g/mol. The summed E-state index contributed by atoms with van der Waals surface area (Å²) in [7, 11) is 0. The number of halogens is 3. The van der Waals surface area contributed by atoms with Gasteiger partial charge < -0.3 is 10.5 Å². The molecule has 3 nitrogen and oxygen atoms in total. The standard InChI is InChI=1S/C13H10Cl2N2O.ClH/c14-9-3-6-12(11(15)7-9)18-10-4-1-8(2-5-10)13(16)17;/h1-7H,(H3,16,17);1H. The Hall–Kier alpha value is -1.42.